The number of benzene rings is 1. The number of halogens is 1. The molecule has 3 aliphatic rings. The molecule has 0 spiro atoms. The molecule has 108 valence electrons. The maximum Gasteiger partial charge on any atom is 0.231 e. The van der Waals surface area contributed by atoms with E-state index in [0.717, 1.165) is 23.2 Å². The molecule has 0 aromatic heterocycles. The third-order valence-corrected chi connectivity index (χ3v) is 4.96. The molecule has 20 heavy (non-hydrogen) atoms. The van der Waals surface area contributed by atoms with Crippen molar-refractivity contribution in [3.05, 3.63) is 17.2 Å². The number of anilines is 1. The number of nitrogens with zero attached hydrogens (tertiary/aromatic N) is 1. The van der Waals surface area contributed by atoms with Gasteiger partial charge in [0.05, 0.1) is 10.7 Å². The molecule has 3 heterocycles. The van der Waals surface area contributed by atoms with Gasteiger partial charge in [0.2, 0.25) is 6.79 Å². The van der Waals surface area contributed by atoms with Crippen molar-refractivity contribution in [2.45, 2.75) is 37.8 Å². The second kappa shape index (κ2) is 5.01. The maximum atomic E-state index is 6.33. The van der Waals surface area contributed by atoms with Crippen LogP contribution in [0.4, 0.5) is 5.69 Å². The molecule has 4 rings (SSSR count). The highest BCUT2D eigenvalue weighted by molar-refractivity contribution is 6.33. The van der Waals surface area contributed by atoms with Gasteiger partial charge in [-0.2, -0.15) is 0 Å². The van der Waals surface area contributed by atoms with Gasteiger partial charge >= 0.3 is 0 Å². The Morgan fingerprint density at radius 2 is 2.00 bits per heavy atom. The van der Waals surface area contributed by atoms with E-state index in [9.17, 15) is 0 Å². The quantitative estimate of drug-likeness (QED) is 0.909. The Labute approximate surface area is 124 Å². The summed E-state index contributed by atoms with van der Waals surface area (Å²) < 4.78 is 10.8. The molecule has 3 aliphatic heterocycles. The number of ether oxygens (including phenoxy) is 2. The Morgan fingerprint density at radius 1 is 1.15 bits per heavy atom. The predicted molar refractivity (Wildman–Crippen MR) is 78.8 cm³/mol. The molecular weight excluding hydrogens is 276 g/mol. The van der Waals surface area contributed by atoms with Crippen LogP contribution in [0.2, 0.25) is 5.02 Å². The first-order valence-electron chi connectivity index (χ1n) is 7.39. The number of hydrogen-bond acceptors (Lipinski definition) is 4. The zero-order valence-electron chi connectivity index (χ0n) is 11.4. The van der Waals surface area contributed by atoms with E-state index in [1.54, 1.807) is 0 Å². The molecule has 5 heteroatoms. The summed E-state index contributed by atoms with van der Waals surface area (Å²) in [5, 5.41) is 4.31. The van der Waals surface area contributed by atoms with Gasteiger partial charge in [-0.15, -0.1) is 0 Å². The minimum atomic E-state index is 0.287. The normalized spacial score (nSPS) is 28.4. The molecule has 1 N–H and O–H groups in total. The number of hydrogen-bond donors (Lipinski definition) is 1. The summed E-state index contributed by atoms with van der Waals surface area (Å²) in [6.45, 7) is 2.77. The van der Waals surface area contributed by atoms with E-state index in [2.05, 4.69) is 10.2 Å². The van der Waals surface area contributed by atoms with Gasteiger partial charge in [-0.3, -0.25) is 0 Å². The van der Waals surface area contributed by atoms with E-state index in [1.165, 1.54) is 38.8 Å². The second-order valence-electron chi connectivity index (χ2n) is 5.88. The summed E-state index contributed by atoms with van der Waals surface area (Å²) in [7, 11) is 0. The number of nitrogens with one attached hydrogen (secondary N) is 1. The van der Waals surface area contributed by atoms with Crippen molar-refractivity contribution in [1.29, 1.82) is 0 Å². The lowest BCUT2D eigenvalue weighted by molar-refractivity contribution is 0.174. The van der Waals surface area contributed by atoms with E-state index >= 15 is 0 Å². The maximum absolute atomic E-state index is 6.33. The van der Waals surface area contributed by atoms with Crippen molar-refractivity contribution in [2.75, 3.05) is 25.2 Å². The van der Waals surface area contributed by atoms with Crippen molar-refractivity contribution < 1.29 is 9.47 Å². The third-order valence-electron chi connectivity index (χ3n) is 4.64. The highest BCUT2D eigenvalue weighted by Gasteiger charge is 2.32. The van der Waals surface area contributed by atoms with E-state index in [1.807, 2.05) is 12.1 Å². The van der Waals surface area contributed by atoms with Crippen molar-refractivity contribution in [3.8, 4) is 11.5 Å². The van der Waals surface area contributed by atoms with Gasteiger partial charge in [0.1, 0.15) is 0 Å². The van der Waals surface area contributed by atoms with Gasteiger partial charge in [0.15, 0.2) is 11.5 Å². The van der Waals surface area contributed by atoms with Crippen molar-refractivity contribution >= 4 is 17.3 Å². The standard InChI is InChI=1S/C15H19ClN2O2/c16-12-7-14-15(20-9-19-14)8-13(12)17-10-3-5-18-4-1-2-11(18)6-10/h7-8,10-11,17H,1-6,9H2. The fraction of sp³-hybridized carbons (Fsp3) is 0.600. The molecule has 1 aromatic rings. The largest absolute Gasteiger partial charge is 0.454 e. The van der Waals surface area contributed by atoms with Crippen LogP contribution in [0.5, 0.6) is 11.5 Å². The lowest BCUT2D eigenvalue weighted by atomic mass is 9.97. The first-order chi connectivity index (χ1) is 9.79. The first kappa shape index (κ1) is 12.6. The topological polar surface area (TPSA) is 33.7 Å². The highest BCUT2D eigenvalue weighted by atomic mass is 35.5. The Balaban J connectivity index is 1.49. The predicted octanol–water partition coefficient (Wildman–Crippen LogP) is 3.11. The second-order valence-corrected chi connectivity index (χ2v) is 6.29. The highest BCUT2D eigenvalue weighted by Crippen LogP contribution is 2.40. The van der Waals surface area contributed by atoms with Crippen LogP contribution in [-0.2, 0) is 0 Å². The lowest BCUT2D eigenvalue weighted by Gasteiger charge is -2.35. The summed E-state index contributed by atoms with van der Waals surface area (Å²) >= 11 is 6.33. The zero-order valence-corrected chi connectivity index (χ0v) is 12.2. The minimum absolute atomic E-state index is 0.287. The Bertz CT molecular complexity index is 523. The van der Waals surface area contributed by atoms with Gasteiger partial charge in [-0.25, -0.2) is 0 Å². The molecule has 0 bridgehead atoms. The minimum Gasteiger partial charge on any atom is -0.454 e. The molecule has 2 unspecified atom stereocenters. The lowest BCUT2D eigenvalue weighted by Crippen LogP contribution is -2.42. The van der Waals surface area contributed by atoms with Crippen LogP contribution in [0.15, 0.2) is 12.1 Å². The van der Waals surface area contributed by atoms with E-state index in [-0.39, 0.29) is 6.79 Å². The Hall–Kier alpha value is -1.13. The van der Waals surface area contributed by atoms with Gasteiger partial charge < -0.3 is 19.7 Å². The van der Waals surface area contributed by atoms with Crippen LogP contribution in [0.1, 0.15) is 25.7 Å². The number of rotatable bonds is 2. The molecule has 4 nitrogen and oxygen atoms in total. The fourth-order valence-corrected chi connectivity index (χ4v) is 3.81. The summed E-state index contributed by atoms with van der Waals surface area (Å²) in [4.78, 5) is 2.62. The first-order valence-corrected chi connectivity index (χ1v) is 7.77. The van der Waals surface area contributed by atoms with Crippen molar-refractivity contribution in [1.82, 2.24) is 4.90 Å². The molecule has 0 amide bonds. The number of piperidine rings is 1. The van der Waals surface area contributed by atoms with Gasteiger partial charge in [0, 0.05) is 30.8 Å². The number of fused-ring (bicyclic) bond motifs is 2. The van der Waals surface area contributed by atoms with Crippen LogP contribution >= 0.6 is 11.6 Å². The molecule has 2 atom stereocenters. The summed E-state index contributed by atoms with van der Waals surface area (Å²) in [6, 6.07) is 5.07. The molecule has 0 saturated carbocycles. The molecule has 2 saturated heterocycles. The molecule has 1 aromatic carbocycles. The third kappa shape index (κ3) is 2.21. The SMILES string of the molecule is Clc1cc2c(cc1NC1CCN3CCCC3C1)OCO2. The molecule has 0 aliphatic carbocycles. The van der Waals surface area contributed by atoms with E-state index < -0.39 is 0 Å². The fourth-order valence-electron chi connectivity index (χ4n) is 3.60. The summed E-state index contributed by atoms with van der Waals surface area (Å²) in [6.07, 6.45) is 5.08. The Kier molecular flexibility index (Phi) is 3.15. The zero-order chi connectivity index (χ0) is 13.5. The van der Waals surface area contributed by atoms with E-state index in [4.69, 9.17) is 21.1 Å². The molecule has 0 radical (unpaired) electrons. The Morgan fingerprint density at radius 3 is 2.90 bits per heavy atom. The molecular formula is C15H19ClN2O2. The van der Waals surface area contributed by atoms with Crippen LogP contribution in [0, 0.1) is 0 Å². The van der Waals surface area contributed by atoms with Crippen molar-refractivity contribution in [3.63, 3.8) is 0 Å². The van der Waals surface area contributed by atoms with E-state index in [0.29, 0.717) is 11.1 Å². The van der Waals surface area contributed by atoms with Gasteiger partial charge in [-0.05, 0) is 32.2 Å². The average Bonchev–Trinajstić information content (AvgIpc) is 3.06. The van der Waals surface area contributed by atoms with Crippen LogP contribution < -0.4 is 14.8 Å². The summed E-state index contributed by atoms with van der Waals surface area (Å²) in [5.74, 6) is 1.53. The monoisotopic (exact) mass is 294 g/mol. The average molecular weight is 295 g/mol. The smallest absolute Gasteiger partial charge is 0.231 e. The summed E-state index contributed by atoms with van der Waals surface area (Å²) in [5.41, 5.74) is 0.965. The van der Waals surface area contributed by atoms with Crippen molar-refractivity contribution in [2.24, 2.45) is 0 Å². The van der Waals surface area contributed by atoms with Gasteiger partial charge in [-0.1, -0.05) is 11.6 Å². The van der Waals surface area contributed by atoms with Gasteiger partial charge in [0.25, 0.3) is 0 Å². The van der Waals surface area contributed by atoms with Crippen LogP contribution in [-0.4, -0.2) is 36.9 Å². The molecule has 2 fully saturated rings. The van der Waals surface area contributed by atoms with Crippen LogP contribution in [0.3, 0.4) is 0 Å². The van der Waals surface area contributed by atoms with Crippen LogP contribution in [0.25, 0.3) is 0 Å².